The molecule has 0 saturated heterocycles. The van der Waals surface area contributed by atoms with E-state index in [1.165, 1.54) is 24.5 Å². The van der Waals surface area contributed by atoms with Crippen molar-refractivity contribution in [3.8, 4) is 11.5 Å². The molecule has 3 N–H and O–H groups in total. The van der Waals surface area contributed by atoms with Gasteiger partial charge in [-0.15, -0.1) is 23.7 Å². The molecule has 98 valence electrons. The maximum atomic E-state index is 13.4. The highest BCUT2D eigenvalue weighted by atomic mass is 35.5. The molecule has 0 saturated carbocycles. The van der Waals surface area contributed by atoms with Crippen molar-refractivity contribution >= 4 is 23.7 Å². The van der Waals surface area contributed by atoms with E-state index in [2.05, 4.69) is 0 Å². The molecular formula is C12H13ClFNO2S. The summed E-state index contributed by atoms with van der Waals surface area (Å²) < 4.78 is 18.2. The lowest BCUT2D eigenvalue weighted by Crippen LogP contribution is -2.11. The second kappa shape index (κ2) is 6.04. The van der Waals surface area contributed by atoms with E-state index in [0.717, 1.165) is 10.9 Å². The predicted molar refractivity (Wildman–Crippen MR) is 72.2 cm³/mol. The zero-order chi connectivity index (χ0) is 12.4. The summed E-state index contributed by atoms with van der Waals surface area (Å²) in [5.74, 6) is -0.511. The Morgan fingerprint density at radius 2 is 2.17 bits per heavy atom. The third-order valence-electron chi connectivity index (χ3n) is 2.47. The predicted octanol–water partition coefficient (Wildman–Crippen LogP) is 3.07. The highest BCUT2D eigenvalue weighted by Crippen LogP contribution is 2.37. The molecule has 0 radical (unpaired) electrons. The topological polar surface area (TPSA) is 55.5 Å². The van der Waals surface area contributed by atoms with Crippen molar-refractivity contribution in [3.05, 3.63) is 45.9 Å². The van der Waals surface area contributed by atoms with Crippen molar-refractivity contribution in [2.24, 2.45) is 5.73 Å². The summed E-state index contributed by atoms with van der Waals surface area (Å²) in [7, 11) is 1.37. The van der Waals surface area contributed by atoms with Gasteiger partial charge in [-0.3, -0.25) is 0 Å². The van der Waals surface area contributed by atoms with Crippen molar-refractivity contribution < 1.29 is 14.2 Å². The van der Waals surface area contributed by atoms with Crippen LogP contribution in [0.2, 0.25) is 0 Å². The smallest absolute Gasteiger partial charge is 0.163 e. The molecule has 6 heteroatoms. The van der Waals surface area contributed by atoms with Crippen molar-refractivity contribution in [1.82, 2.24) is 0 Å². The Morgan fingerprint density at radius 1 is 1.44 bits per heavy atom. The summed E-state index contributed by atoms with van der Waals surface area (Å²) in [6.07, 6.45) is 0. The quantitative estimate of drug-likeness (QED) is 0.913. The summed E-state index contributed by atoms with van der Waals surface area (Å²) in [6, 6.07) is 5.49. The number of phenolic OH excluding ortho intramolecular Hbond substituents is 1. The second-order valence-electron chi connectivity index (χ2n) is 3.54. The Morgan fingerprint density at radius 3 is 2.72 bits per heavy atom. The molecule has 0 spiro atoms. The molecule has 1 aromatic heterocycles. The van der Waals surface area contributed by atoms with Crippen LogP contribution in [0.1, 0.15) is 16.5 Å². The summed E-state index contributed by atoms with van der Waals surface area (Å²) in [5.41, 5.74) is 6.31. The van der Waals surface area contributed by atoms with E-state index in [4.69, 9.17) is 10.5 Å². The Kier molecular flexibility index (Phi) is 4.95. The number of nitrogens with two attached hydrogens (primary N) is 1. The highest BCUT2D eigenvalue weighted by Gasteiger charge is 2.18. The highest BCUT2D eigenvalue weighted by molar-refractivity contribution is 7.10. The maximum absolute atomic E-state index is 13.4. The van der Waals surface area contributed by atoms with E-state index in [9.17, 15) is 9.50 Å². The molecule has 0 aliphatic heterocycles. The molecule has 0 bridgehead atoms. The van der Waals surface area contributed by atoms with Gasteiger partial charge in [-0.2, -0.15) is 0 Å². The zero-order valence-electron chi connectivity index (χ0n) is 9.59. The van der Waals surface area contributed by atoms with Crippen LogP contribution in [-0.4, -0.2) is 12.2 Å². The molecular weight excluding hydrogens is 277 g/mol. The number of aromatic hydroxyl groups is 1. The summed E-state index contributed by atoms with van der Waals surface area (Å²) >= 11 is 1.45. The molecule has 1 heterocycles. The summed E-state index contributed by atoms with van der Waals surface area (Å²) in [4.78, 5) is 0.855. The summed E-state index contributed by atoms with van der Waals surface area (Å²) in [5, 5.41) is 11.8. The minimum absolute atomic E-state index is 0. The fourth-order valence-electron chi connectivity index (χ4n) is 1.61. The molecule has 0 unspecified atom stereocenters. The lowest BCUT2D eigenvalue weighted by Gasteiger charge is -2.14. The Labute approximate surface area is 114 Å². The van der Waals surface area contributed by atoms with E-state index in [0.29, 0.717) is 5.56 Å². The van der Waals surface area contributed by atoms with Crippen molar-refractivity contribution in [2.75, 3.05) is 7.11 Å². The van der Waals surface area contributed by atoms with Crippen LogP contribution in [0.15, 0.2) is 29.6 Å². The van der Waals surface area contributed by atoms with Crippen LogP contribution in [0.4, 0.5) is 4.39 Å². The fraction of sp³-hybridized carbons (Fsp3) is 0.167. The third kappa shape index (κ3) is 2.75. The minimum atomic E-state index is -0.556. The number of phenols is 1. The van der Waals surface area contributed by atoms with Crippen LogP contribution in [0.5, 0.6) is 11.5 Å². The van der Waals surface area contributed by atoms with Crippen LogP contribution in [0.25, 0.3) is 0 Å². The van der Waals surface area contributed by atoms with Crippen molar-refractivity contribution in [3.63, 3.8) is 0 Å². The van der Waals surface area contributed by atoms with Gasteiger partial charge in [0.25, 0.3) is 0 Å². The molecule has 2 rings (SSSR count). The first-order chi connectivity index (χ1) is 8.13. The number of rotatable bonds is 3. The van der Waals surface area contributed by atoms with Gasteiger partial charge in [0.1, 0.15) is 5.82 Å². The van der Waals surface area contributed by atoms with Gasteiger partial charge in [-0.1, -0.05) is 6.07 Å². The molecule has 2 aromatic rings. The van der Waals surface area contributed by atoms with Gasteiger partial charge in [0, 0.05) is 16.5 Å². The first-order valence-electron chi connectivity index (χ1n) is 4.99. The van der Waals surface area contributed by atoms with Crippen molar-refractivity contribution in [1.29, 1.82) is 0 Å². The van der Waals surface area contributed by atoms with Gasteiger partial charge in [0.05, 0.1) is 13.2 Å². The molecule has 1 atom stereocenters. The second-order valence-corrected chi connectivity index (χ2v) is 4.52. The van der Waals surface area contributed by atoms with Gasteiger partial charge in [0.2, 0.25) is 0 Å². The van der Waals surface area contributed by atoms with E-state index >= 15 is 0 Å². The number of benzene rings is 1. The van der Waals surface area contributed by atoms with E-state index < -0.39 is 11.9 Å². The number of methoxy groups -OCH3 is 1. The SMILES string of the molecule is COc1cc(F)cc([C@@H](N)c2cccs2)c1O.Cl. The normalized spacial score (nSPS) is 11.7. The standard InChI is InChI=1S/C12H12FNO2S.ClH/c1-16-9-6-7(13)5-8(12(9)15)11(14)10-3-2-4-17-10;/h2-6,11,15H,14H2,1H3;1H/t11-;/m1./s1. The van der Waals surface area contributed by atoms with Crippen LogP contribution < -0.4 is 10.5 Å². The molecule has 0 aliphatic rings. The lowest BCUT2D eigenvalue weighted by molar-refractivity contribution is 0.366. The lowest BCUT2D eigenvalue weighted by atomic mass is 10.0. The molecule has 3 nitrogen and oxygen atoms in total. The zero-order valence-corrected chi connectivity index (χ0v) is 11.2. The molecule has 0 amide bonds. The average molecular weight is 290 g/mol. The fourth-order valence-corrected chi connectivity index (χ4v) is 2.35. The van der Waals surface area contributed by atoms with E-state index in [-0.39, 0.29) is 23.9 Å². The molecule has 1 aromatic carbocycles. The van der Waals surface area contributed by atoms with Gasteiger partial charge in [-0.25, -0.2) is 4.39 Å². The number of hydrogen-bond acceptors (Lipinski definition) is 4. The van der Waals surface area contributed by atoms with E-state index in [1.807, 2.05) is 17.5 Å². The van der Waals surface area contributed by atoms with Gasteiger partial charge < -0.3 is 15.6 Å². The number of halogens is 2. The van der Waals surface area contributed by atoms with Crippen LogP contribution in [0, 0.1) is 5.82 Å². The minimum Gasteiger partial charge on any atom is -0.504 e. The Bertz CT molecular complexity index is 519. The monoisotopic (exact) mass is 289 g/mol. The number of ether oxygens (including phenoxy) is 1. The van der Waals surface area contributed by atoms with Crippen LogP contribution in [-0.2, 0) is 0 Å². The van der Waals surface area contributed by atoms with E-state index in [1.54, 1.807) is 0 Å². The largest absolute Gasteiger partial charge is 0.504 e. The third-order valence-corrected chi connectivity index (χ3v) is 3.43. The number of hydrogen-bond donors (Lipinski definition) is 2. The van der Waals surface area contributed by atoms with Gasteiger partial charge >= 0.3 is 0 Å². The van der Waals surface area contributed by atoms with Crippen LogP contribution >= 0.6 is 23.7 Å². The Hall–Kier alpha value is -1.30. The molecule has 0 fully saturated rings. The summed E-state index contributed by atoms with van der Waals surface area (Å²) in [6.45, 7) is 0. The van der Waals surface area contributed by atoms with Crippen LogP contribution in [0.3, 0.4) is 0 Å². The van der Waals surface area contributed by atoms with Crippen molar-refractivity contribution in [2.45, 2.75) is 6.04 Å². The maximum Gasteiger partial charge on any atom is 0.163 e. The molecule has 18 heavy (non-hydrogen) atoms. The average Bonchev–Trinajstić information content (AvgIpc) is 2.84. The van der Waals surface area contributed by atoms with Gasteiger partial charge in [-0.05, 0) is 17.5 Å². The molecule has 0 aliphatic carbocycles. The first-order valence-corrected chi connectivity index (χ1v) is 5.87. The van der Waals surface area contributed by atoms with Gasteiger partial charge in [0.15, 0.2) is 11.5 Å². The Balaban J connectivity index is 0.00000162. The number of thiophene rings is 1. The first kappa shape index (κ1) is 14.8.